The molecule has 1 saturated heterocycles. The minimum atomic E-state index is 0.00578. The van der Waals surface area contributed by atoms with Gasteiger partial charge in [-0.05, 0) is 17.7 Å². The van der Waals surface area contributed by atoms with Gasteiger partial charge in [0.1, 0.15) is 5.75 Å². The van der Waals surface area contributed by atoms with Crippen molar-refractivity contribution in [3.63, 3.8) is 0 Å². The van der Waals surface area contributed by atoms with Crippen LogP contribution >= 0.6 is 0 Å². The number of para-hydroxylation sites is 2. The highest BCUT2D eigenvalue weighted by atomic mass is 16.3. The Morgan fingerprint density at radius 2 is 1.67 bits per heavy atom. The number of amides is 1. The van der Waals surface area contributed by atoms with Crippen LogP contribution in [0.2, 0.25) is 0 Å². The third-order valence-electron chi connectivity index (χ3n) is 4.86. The zero-order valence-electron chi connectivity index (χ0n) is 15.0. The van der Waals surface area contributed by atoms with Gasteiger partial charge in [-0.1, -0.05) is 42.5 Å². The van der Waals surface area contributed by atoms with Gasteiger partial charge in [-0.2, -0.15) is 5.10 Å². The monoisotopic (exact) mass is 362 g/mol. The minimum Gasteiger partial charge on any atom is -0.506 e. The van der Waals surface area contributed by atoms with E-state index in [1.165, 1.54) is 0 Å². The van der Waals surface area contributed by atoms with E-state index in [4.69, 9.17) is 0 Å². The SMILES string of the molecule is O=C(c1cnn(Cc2ccccc2)c1)N1CCN(c2ccccc2O)CC1. The van der Waals surface area contributed by atoms with Crippen LogP contribution in [-0.2, 0) is 6.54 Å². The average Bonchev–Trinajstić information content (AvgIpc) is 3.17. The second-order valence-corrected chi connectivity index (χ2v) is 6.68. The van der Waals surface area contributed by atoms with Crippen LogP contribution in [0.25, 0.3) is 0 Å². The van der Waals surface area contributed by atoms with Gasteiger partial charge in [0.2, 0.25) is 0 Å². The largest absolute Gasteiger partial charge is 0.506 e. The smallest absolute Gasteiger partial charge is 0.257 e. The number of phenols is 1. The molecule has 27 heavy (non-hydrogen) atoms. The zero-order chi connectivity index (χ0) is 18.6. The molecule has 2 heterocycles. The standard InChI is InChI=1S/C21H22N4O2/c26-20-9-5-4-8-19(20)23-10-12-24(13-11-23)21(27)18-14-22-25(16-18)15-17-6-2-1-3-7-17/h1-9,14,16,26H,10-13,15H2. The lowest BCUT2D eigenvalue weighted by molar-refractivity contribution is 0.0746. The first-order valence-electron chi connectivity index (χ1n) is 9.09. The number of rotatable bonds is 4. The molecule has 1 N–H and O–H groups in total. The van der Waals surface area contributed by atoms with Crippen LogP contribution in [0.15, 0.2) is 67.0 Å². The van der Waals surface area contributed by atoms with Crippen molar-refractivity contribution in [1.82, 2.24) is 14.7 Å². The molecule has 0 atom stereocenters. The van der Waals surface area contributed by atoms with E-state index in [0.717, 1.165) is 11.3 Å². The number of hydrogen-bond donors (Lipinski definition) is 1. The summed E-state index contributed by atoms with van der Waals surface area (Å²) in [5, 5.41) is 14.3. The maximum Gasteiger partial charge on any atom is 0.257 e. The van der Waals surface area contributed by atoms with E-state index in [1.807, 2.05) is 59.6 Å². The van der Waals surface area contributed by atoms with Crippen molar-refractivity contribution < 1.29 is 9.90 Å². The van der Waals surface area contributed by atoms with E-state index >= 15 is 0 Å². The van der Waals surface area contributed by atoms with Crippen LogP contribution in [0.5, 0.6) is 5.75 Å². The van der Waals surface area contributed by atoms with Crippen LogP contribution in [0, 0.1) is 0 Å². The molecule has 1 aliphatic rings. The number of carbonyl (C=O) groups is 1. The molecular formula is C21H22N4O2. The molecule has 3 aromatic rings. The van der Waals surface area contributed by atoms with Gasteiger partial charge in [0, 0.05) is 32.4 Å². The van der Waals surface area contributed by atoms with Gasteiger partial charge in [0.05, 0.1) is 24.0 Å². The summed E-state index contributed by atoms with van der Waals surface area (Å²) in [5.41, 5.74) is 2.58. The predicted molar refractivity (Wildman–Crippen MR) is 104 cm³/mol. The summed E-state index contributed by atoms with van der Waals surface area (Å²) in [7, 11) is 0. The van der Waals surface area contributed by atoms with Crippen molar-refractivity contribution in [3.8, 4) is 5.75 Å². The summed E-state index contributed by atoms with van der Waals surface area (Å²) >= 11 is 0. The molecule has 1 aliphatic heterocycles. The molecule has 1 amide bonds. The van der Waals surface area contributed by atoms with E-state index in [1.54, 1.807) is 16.9 Å². The molecule has 2 aromatic carbocycles. The quantitative estimate of drug-likeness (QED) is 0.775. The van der Waals surface area contributed by atoms with Gasteiger partial charge in [-0.25, -0.2) is 0 Å². The van der Waals surface area contributed by atoms with Crippen LogP contribution in [0.1, 0.15) is 15.9 Å². The van der Waals surface area contributed by atoms with Gasteiger partial charge in [-0.15, -0.1) is 0 Å². The molecule has 0 radical (unpaired) electrons. The molecule has 0 spiro atoms. The van der Waals surface area contributed by atoms with Crippen LogP contribution in [-0.4, -0.2) is 51.9 Å². The van der Waals surface area contributed by atoms with E-state index in [2.05, 4.69) is 10.00 Å². The highest BCUT2D eigenvalue weighted by Gasteiger charge is 2.24. The van der Waals surface area contributed by atoms with Crippen LogP contribution in [0.3, 0.4) is 0 Å². The van der Waals surface area contributed by atoms with Gasteiger partial charge >= 0.3 is 0 Å². The molecule has 0 unspecified atom stereocenters. The molecule has 138 valence electrons. The lowest BCUT2D eigenvalue weighted by Gasteiger charge is -2.36. The first-order chi connectivity index (χ1) is 13.2. The fraction of sp³-hybridized carbons (Fsp3) is 0.238. The Kier molecular flexibility index (Phi) is 4.78. The van der Waals surface area contributed by atoms with Crippen molar-refractivity contribution in [2.75, 3.05) is 31.1 Å². The summed E-state index contributed by atoms with van der Waals surface area (Å²) in [6.45, 7) is 3.28. The Morgan fingerprint density at radius 1 is 0.963 bits per heavy atom. The van der Waals surface area contributed by atoms with E-state index < -0.39 is 0 Å². The lowest BCUT2D eigenvalue weighted by Crippen LogP contribution is -2.48. The van der Waals surface area contributed by atoms with E-state index in [0.29, 0.717) is 38.3 Å². The number of piperazine rings is 1. The Hall–Kier alpha value is -3.28. The number of aromatic nitrogens is 2. The van der Waals surface area contributed by atoms with Gasteiger partial charge in [-0.3, -0.25) is 9.48 Å². The number of phenolic OH excluding ortho intramolecular Hbond substituents is 1. The van der Waals surface area contributed by atoms with Crippen molar-refractivity contribution >= 4 is 11.6 Å². The van der Waals surface area contributed by atoms with Crippen molar-refractivity contribution in [2.24, 2.45) is 0 Å². The van der Waals surface area contributed by atoms with Gasteiger partial charge < -0.3 is 14.9 Å². The third-order valence-corrected chi connectivity index (χ3v) is 4.86. The maximum absolute atomic E-state index is 12.8. The minimum absolute atomic E-state index is 0.00578. The first-order valence-corrected chi connectivity index (χ1v) is 9.09. The van der Waals surface area contributed by atoms with E-state index in [9.17, 15) is 9.90 Å². The molecule has 1 aromatic heterocycles. The summed E-state index contributed by atoms with van der Waals surface area (Å²) in [6.07, 6.45) is 3.45. The fourth-order valence-corrected chi connectivity index (χ4v) is 3.40. The fourth-order valence-electron chi connectivity index (χ4n) is 3.40. The Bertz CT molecular complexity index is 915. The summed E-state index contributed by atoms with van der Waals surface area (Å²) in [6, 6.07) is 17.4. The molecule has 6 heteroatoms. The molecule has 0 aliphatic carbocycles. The average molecular weight is 362 g/mol. The summed E-state index contributed by atoms with van der Waals surface area (Å²) < 4.78 is 1.79. The summed E-state index contributed by atoms with van der Waals surface area (Å²) in [5.74, 6) is 0.283. The summed E-state index contributed by atoms with van der Waals surface area (Å²) in [4.78, 5) is 16.7. The zero-order valence-corrected chi connectivity index (χ0v) is 15.0. The number of carbonyl (C=O) groups excluding carboxylic acids is 1. The van der Waals surface area contributed by atoms with Gasteiger partial charge in [0.25, 0.3) is 5.91 Å². The second-order valence-electron chi connectivity index (χ2n) is 6.68. The highest BCUT2D eigenvalue weighted by molar-refractivity contribution is 5.93. The molecule has 4 rings (SSSR count). The molecular weight excluding hydrogens is 340 g/mol. The predicted octanol–water partition coefficient (Wildman–Crippen LogP) is 2.60. The maximum atomic E-state index is 12.8. The number of hydrogen-bond acceptors (Lipinski definition) is 4. The van der Waals surface area contributed by atoms with Crippen LogP contribution in [0.4, 0.5) is 5.69 Å². The van der Waals surface area contributed by atoms with Crippen LogP contribution < -0.4 is 4.90 Å². The Balaban J connectivity index is 1.38. The Morgan fingerprint density at radius 3 is 2.41 bits per heavy atom. The lowest BCUT2D eigenvalue weighted by atomic mass is 10.2. The van der Waals surface area contributed by atoms with E-state index in [-0.39, 0.29) is 11.7 Å². The number of aromatic hydroxyl groups is 1. The number of nitrogens with zero attached hydrogens (tertiary/aromatic N) is 4. The molecule has 1 fully saturated rings. The van der Waals surface area contributed by atoms with Crippen molar-refractivity contribution in [1.29, 1.82) is 0 Å². The highest BCUT2D eigenvalue weighted by Crippen LogP contribution is 2.27. The molecule has 0 saturated carbocycles. The molecule has 0 bridgehead atoms. The normalized spacial score (nSPS) is 14.4. The second kappa shape index (κ2) is 7.53. The third kappa shape index (κ3) is 3.79. The topological polar surface area (TPSA) is 61.6 Å². The number of benzene rings is 2. The first kappa shape index (κ1) is 17.1. The number of anilines is 1. The van der Waals surface area contributed by atoms with Crippen molar-refractivity contribution in [2.45, 2.75) is 6.54 Å². The Labute approximate surface area is 158 Å². The molecule has 6 nitrogen and oxygen atoms in total. The van der Waals surface area contributed by atoms with Gasteiger partial charge in [0.15, 0.2) is 0 Å². The van der Waals surface area contributed by atoms with Crippen molar-refractivity contribution in [3.05, 3.63) is 78.1 Å².